The smallest absolute Gasteiger partial charge is 0.255 e. The Morgan fingerprint density at radius 3 is 2.67 bits per heavy atom. The molecule has 0 radical (unpaired) electrons. The highest BCUT2D eigenvalue weighted by atomic mass is 16.5. The fourth-order valence-corrected chi connectivity index (χ4v) is 1.19. The van der Waals surface area contributed by atoms with Gasteiger partial charge in [-0.1, -0.05) is 0 Å². The van der Waals surface area contributed by atoms with E-state index in [9.17, 15) is 9.90 Å². The number of carbonyl (C=O) groups excluding carboxylic acids is 1. The molecule has 5 N–H and O–H groups in total. The van der Waals surface area contributed by atoms with Gasteiger partial charge in [-0.05, 0) is 0 Å². The summed E-state index contributed by atoms with van der Waals surface area (Å²) in [5, 5.41) is 27.3. The number of hydrogen-bond donors (Lipinski definition) is 4. The van der Waals surface area contributed by atoms with E-state index in [0.717, 1.165) is 0 Å². The predicted molar refractivity (Wildman–Crippen MR) is 37.0 cm³/mol. The van der Waals surface area contributed by atoms with Gasteiger partial charge in [0.15, 0.2) is 5.60 Å². The molecule has 0 aromatic rings. The van der Waals surface area contributed by atoms with Crippen LogP contribution in [-0.4, -0.2) is 52.2 Å². The summed E-state index contributed by atoms with van der Waals surface area (Å²) in [7, 11) is 0. The first-order valence-corrected chi connectivity index (χ1v) is 3.46. The molecule has 1 aliphatic heterocycles. The summed E-state index contributed by atoms with van der Waals surface area (Å²) < 4.78 is 4.74. The predicted octanol–water partition coefficient (Wildman–Crippen LogP) is -3.05. The lowest BCUT2D eigenvalue weighted by Crippen LogP contribution is -2.58. The first-order chi connectivity index (χ1) is 5.53. The van der Waals surface area contributed by atoms with Crippen LogP contribution in [0.3, 0.4) is 0 Å². The van der Waals surface area contributed by atoms with Crippen molar-refractivity contribution in [2.24, 2.45) is 5.73 Å². The van der Waals surface area contributed by atoms with Crippen LogP contribution >= 0.6 is 0 Å². The molecular formula is C6H11NO5. The third-order valence-electron chi connectivity index (χ3n) is 2.01. The van der Waals surface area contributed by atoms with E-state index in [1.165, 1.54) is 0 Å². The van der Waals surface area contributed by atoms with Crippen molar-refractivity contribution < 1.29 is 24.9 Å². The minimum Gasteiger partial charge on any atom is -0.394 e. The maximum Gasteiger partial charge on any atom is 0.255 e. The number of aliphatic hydroxyl groups is 3. The van der Waals surface area contributed by atoms with E-state index in [-0.39, 0.29) is 6.61 Å². The summed E-state index contributed by atoms with van der Waals surface area (Å²) in [6.07, 6.45) is -2.50. The standard InChI is InChI=1S/C6H11NO5/c7-5(10)6(11)3(9)2-12-4(6)1-8/h3-4,8-9,11H,1-2H2,(H2,7,10). The zero-order valence-corrected chi connectivity index (χ0v) is 6.30. The van der Waals surface area contributed by atoms with Crippen molar-refractivity contribution in [1.82, 2.24) is 0 Å². The van der Waals surface area contributed by atoms with Crippen molar-refractivity contribution >= 4 is 5.91 Å². The highest BCUT2D eigenvalue weighted by molar-refractivity contribution is 5.85. The largest absolute Gasteiger partial charge is 0.394 e. The van der Waals surface area contributed by atoms with Crippen molar-refractivity contribution in [2.75, 3.05) is 13.2 Å². The maximum absolute atomic E-state index is 10.7. The van der Waals surface area contributed by atoms with Gasteiger partial charge in [0.05, 0.1) is 13.2 Å². The molecule has 6 nitrogen and oxygen atoms in total. The van der Waals surface area contributed by atoms with E-state index in [2.05, 4.69) is 0 Å². The van der Waals surface area contributed by atoms with Gasteiger partial charge in [-0.2, -0.15) is 0 Å². The molecule has 0 aromatic heterocycles. The lowest BCUT2D eigenvalue weighted by Gasteiger charge is -2.25. The van der Waals surface area contributed by atoms with Crippen LogP contribution in [0.15, 0.2) is 0 Å². The lowest BCUT2D eigenvalue weighted by atomic mass is 9.93. The Morgan fingerprint density at radius 2 is 2.33 bits per heavy atom. The van der Waals surface area contributed by atoms with E-state index >= 15 is 0 Å². The van der Waals surface area contributed by atoms with E-state index < -0.39 is 30.3 Å². The van der Waals surface area contributed by atoms with Crippen molar-refractivity contribution in [3.8, 4) is 0 Å². The minimum atomic E-state index is -2.16. The molecular weight excluding hydrogens is 166 g/mol. The summed E-state index contributed by atoms with van der Waals surface area (Å²) in [5.41, 5.74) is 2.69. The third-order valence-corrected chi connectivity index (χ3v) is 2.01. The molecule has 70 valence electrons. The second-order valence-electron chi connectivity index (χ2n) is 2.71. The molecule has 12 heavy (non-hydrogen) atoms. The molecule has 6 heteroatoms. The fourth-order valence-electron chi connectivity index (χ4n) is 1.19. The molecule has 1 aliphatic rings. The Labute approximate surface area is 68.6 Å². The van der Waals surface area contributed by atoms with Crippen molar-refractivity contribution in [3.05, 3.63) is 0 Å². The van der Waals surface area contributed by atoms with Gasteiger partial charge in [-0.3, -0.25) is 4.79 Å². The van der Waals surface area contributed by atoms with E-state index in [4.69, 9.17) is 20.7 Å². The highest BCUT2D eigenvalue weighted by Crippen LogP contribution is 2.25. The Balaban J connectivity index is 2.88. The molecule has 3 unspecified atom stereocenters. The molecule has 1 heterocycles. The number of amides is 1. The van der Waals surface area contributed by atoms with Crippen LogP contribution in [-0.2, 0) is 9.53 Å². The van der Waals surface area contributed by atoms with Crippen molar-refractivity contribution in [3.63, 3.8) is 0 Å². The second-order valence-corrected chi connectivity index (χ2v) is 2.71. The number of primary amides is 1. The van der Waals surface area contributed by atoms with Gasteiger partial charge in [0, 0.05) is 0 Å². The fraction of sp³-hybridized carbons (Fsp3) is 0.833. The molecule has 0 saturated carbocycles. The Kier molecular flexibility index (Phi) is 2.34. The molecule has 1 fully saturated rings. The average molecular weight is 177 g/mol. The molecule has 1 rings (SSSR count). The minimum absolute atomic E-state index is 0.204. The van der Waals surface area contributed by atoms with Gasteiger partial charge in [0.25, 0.3) is 5.91 Å². The molecule has 1 saturated heterocycles. The number of ether oxygens (including phenoxy) is 1. The average Bonchev–Trinajstić information content (AvgIpc) is 2.30. The topological polar surface area (TPSA) is 113 Å². The highest BCUT2D eigenvalue weighted by Gasteiger charge is 2.54. The quantitative estimate of drug-likeness (QED) is 0.358. The zero-order chi connectivity index (χ0) is 9.35. The molecule has 1 amide bonds. The number of rotatable bonds is 2. The Bertz CT molecular complexity index is 196. The van der Waals surface area contributed by atoms with E-state index in [0.29, 0.717) is 0 Å². The van der Waals surface area contributed by atoms with Gasteiger partial charge in [-0.15, -0.1) is 0 Å². The normalized spacial score (nSPS) is 41.6. The van der Waals surface area contributed by atoms with Crippen molar-refractivity contribution in [2.45, 2.75) is 17.8 Å². The number of hydrogen-bond acceptors (Lipinski definition) is 5. The SMILES string of the molecule is NC(=O)C1(O)C(O)COC1CO. The summed E-state index contributed by atoms with van der Waals surface area (Å²) >= 11 is 0. The lowest BCUT2D eigenvalue weighted by molar-refractivity contribution is -0.153. The molecule has 0 spiro atoms. The third kappa shape index (κ3) is 1.09. The van der Waals surface area contributed by atoms with Gasteiger partial charge < -0.3 is 25.8 Å². The summed E-state index contributed by atoms with van der Waals surface area (Å²) in [5.74, 6) is -1.09. The van der Waals surface area contributed by atoms with Crippen LogP contribution in [0.5, 0.6) is 0 Å². The maximum atomic E-state index is 10.7. The van der Waals surface area contributed by atoms with Crippen LogP contribution < -0.4 is 5.73 Å². The Morgan fingerprint density at radius 1 is 1.75 bits per heavy atom. The first kappa shape index (κ1) is 9.40. The van der Waals surface area contributed by atoms with E-state index in [1.807, 2.05) is 0 Å². The summed E-state index contributed by atoms with van der Waals surface area (Å²) in [4.78, 5) is 10.7. The van der Waals surface area contributed by atoms with Gasteiger partial charge >= 0.3 is 0 Å². The van der Waals surface area contributed by atoms with Crippen LogP contribution in [0.4, 0.5) is 0 Å². The van der Waals surface area contributed by atoms with Crippen molar-refractivity contribution in [1.29, 1.82) is 0 Å². The summed E-state index contributed by atoms with van der Waals surface area (Å²) in [6.45, 7) is -0.763. The van der Waals surface area contributed by atoms with Crippen LogP contribution in [0.1, 0.15) is 0 Å². The van der Waals surface area contributed by atoms with Crippen LogP contribution in [0.2, 0.25) is 0 Å². The van der Waals surface area contributed by atoms with Crippen LogP contribution in [0.25, 0.3) is 0 Å². The number of nitrogens with two attached hydrogens (primary N) is 1. The molecule has 0 aliphatic carbocycles. The molecule has 3 atom stereocenters. The zero-order valence-electron chi connectivity index (χ0n) is 6.30. The van der Waals surface area contributed by atoms with Gasteiger partial charge in [0.2, 0.25) is 0 Å². The van der Waals surface area contributed by atoms with Gasteiger partial charge in [0.1, 0.15) is 12.2 Å². The van der Waals surface area contributed by atoms with Gasteiger partial charge in [-0.25, -0.2) is 0 Å². The Hall–Kier alpha value is -0.690. The number of aliphatic hydroxyl groups excluding tert-OH is 2. The number of carbonyl (C=O) groups is 1. The monoisotopic (exact) mass is 177 g/mol. The van der Waals surface area contributed by atoms with Crippen LogP contribution in [0, 0.1) is 0 Å². The molecule has 0 aromatic carbocycles. The molecule has 0 bridgehead atoms. The summed E-state index contributed by atoms with van der Waals surface area (Å²) in [6, 6.07) is 0. The first-order valence-electron chi connectivity index (χ1n) is 3.46. The second kappa shape index (κ2) is 2.98. The van der Waals surface area contributed by atoms with E-state index in [1.54, 1.807) is 0 Å².